The van der Waals surface area contributed by atoms with Crippen molar-refractivity contribution in [3.63, 3.8) is 0 Å². The lowest BCUT2D eigenvalue weighted by molar-refractivity contribution is -0.161. The Bertz CT molecular complexity index is 1510. The summed E-state index contributed by atoms with van der Waals surface area (Å²) in [5.41, 5.74) is 0. The number of carbonyl (C=O) groups is 3. The summed E-state index contributed by atoms with van der Waals surface area (Å²) in [6.07, 6.45) is 64.9. The molecule has 0 amide bonds. The Morgan fingerprint density at radius 3 is 1.00 bits per heavy atom. The van der Waals surface area contributed by atoms with Gasteiger partial charge in [0.25, 0.3) is 0 Å². The van der Waals surface area contributed by atoms with Crippen LogP contribution in [0.25, 0.3) is 0 Å². The van der Waals surface area contributed by atoms with Crippen LogP contribution in [-0.4, -0.2) is 66.5 Å². The molecule has 0 saturated carbocycles. The van der Waals surface area contributed by atoms with Crippen molar-refractivity contribution in [1.82, 2.24) is 0 Å². The van der Waals surface area contributed by atoms with Gasteiger partial charge in [-0.25, -0.2) is 4.57 Å². The molecule has 0 aromatic heterocycles. The fraction of sp³-hybridized carbons (Fsp3) is 0.797. The highest BCUT2D eigenvalue weighted by atomic mass is 31.2. The first-order valence-corrected chi connectivity index (χ1v) is 32.7. The van der Waals surface area contributed by atoms with Crippen LogP contribution in [0.2, 0.25) is 0 Å². The molecular weight excluding hydrogens is 976 g/mol. The standard InChI is InChI=1S/C64H115O11P/c1-4-7-10-13-16-19-22-25-28-30-33-36-39-42-45-48-51-54-63(67)74-60(56-65)58-72-76(69,70)73-59-61(57-71-62(66)53-50-47-44-41-38-35-32-27-24-21-18-15-12-9-6-3)75-64(68)55-52-49-46-43-40-37-34-31-29-26-23-20-17-14-11-8-5-2/h9,12,18,21,27,32,38,41,47,50,60-61,65H,4-8,10-11,13-17,19-20,22-26,28-31,33-37,39-40,42-46,48-49,51-59H2,1-3H3,(H,69,70)/b12-9-,21-18-,32-27-,41-38-,50-47-. The SMILES string of the molecule is CC/C=C\C/C=C\C/C=C\C/C=C\C/C=C\CC(=O)OCC(COP(=O)(O)OCC(CO)OC(=O)CCCCCCCCCCCCCCCCCCC)OC(=O)CCCCCCCCCCCCCCCCCCC. The number of hydrogen-bond donors (Lipinski definition) is 2. The zero-order valence-electron chi connectivity index (χ0n) is 49.0. The highest BCUT2D eigenvalue weighted by Crippen LogP contribution is 2.43. The van der Waals surface area contributed by atoms with Gasteiger partial charge in [-0.1, -0.05) is 287 Å². The van der Waals surface area contributed by atoms with E-state index in [0.717, 1.165) is 64.2 Å². The van der Waals surface area contributed by atoms with Gasteiger partial charge in [0, 0.05) is 12.8 Å². The van der Waals surface area contributed by atoms with Crippen LogP contribution in [0.4, 0.5) is 0 Å². The van der Waals surface area contributed by atoms with Crippen LogP contribution in [0.5, 0.6) is 0 Å². The molecule has 0 fully saturated rings. The molecule has 0 aliphatic rings. The maximum absolute atomic E-state index is 12.9. The average Bonchev–Trinajstić information content (AvgIpc) is 3.41. The highest BCUT2D eigenvalue weighted by Gasteiger charge is 2.28. The molecule has 0 bridgehead atoms. The van der Waals surface area contributed by atoms with Crippen molar-refractivity contribution in [3.05, 3.63) is 60.8 Å². The molecule has 0 aromatic carbocycles. The monoisotopic (exact) mass is 1090 g/mol. The van der Waals surface area contributed by atoms with Crippen LogP contribution in [0.15, 0.2) is 60.8 Å². The van der Waals surface area contributed by atoms with E-state index in [1.165, 1.54) is 167 Å². The summed E-state index contributed by atoms with van der Waals surface area (Å²) < 4.78 is 39.5. The minimum absolute atomic E-state index is 0.00329. The van der Waals surface area contributed by atoms with E-state index in [1.807, 2.05) is 12.2 Å². The predicted octanol–water partition coefficient (Wildman–Crippen LogP) is 18.7. The number of esters is 3. The van der Waals surface area contributed by atoms with Crippen LogP contribution < -0.4 is 0 Å². The van der Waals surface area contributed by atoms with Gasteiger partial charge in [-0.3, -0.25) is 23.4 Å². The molecule has 0 spiro atoms. The zero-order chi connectivity index (χ0) is 55.5. The van der Waals surface area contributed by atoms with Gasteiger partial charge >= 0.3 is 25.7 Å². The quantitative estimate of drug-likeness (QED) is 0.0197. The number of phosphoric acid groups is 1. The van der Waals surface area contributed by atoms with Gasteiger partial charge < -0.3 is 24.2 Å². The van der Waals surface area contributed by atoms with Gasteiger partial charge in [-0.15, -0.1) is 0 Å². The van der Waals surface area contributed by atoms with E-state index >= 15 is 0 Å². The fourth-order valence-corrected chi connectivity index (χ4v) is 9.57. The molecule has 76 heavy (non-hydrogen) atoms. The number of aliphatic hydroxyl groups is 1. The van der Waals surface area contributed by atoms with Crippen molar-refractivity contribution in [2.75, 3.05) is 26.4 Å². The van der Waals surface area contributed by atoms with E-state index in [4.69, 9.17) is 23.3 Å². The Hall–Kier alpha value is -2.82. The van der Waals surface area contributed by atoms with Gasteiger partial charge in [0.2, 0.25) is 0 Å². The summed E-state index contributed by atoms with van der Waals surface area (Å²) in [6, 6.07) is 0. The maximum Gasteiger partial charge on any atom is 0.472 e. The summed E-state index contributed by atoms with van der Waals surface area (Å²) in [7, 11) is -4.77. The van der Waals surface area contributed by atoms with Crippen LogP contribution >= 0.6 is 7.82 Å². The Morgan fingerprint density at radius 2 is 0.671 bits per heavy atom. The van der Waals surface area contributed by atoms with Crippen molar-refractivity contribution < 1.29 is 52.2 Å². The molecule has 0 aliphatic heterocycles. The molecule has 442 valence electrons. The average molecular weight is 1090 g/mol. The van der Waals surface area contributed by atoms with Crippen molar-refractivity contribution >= 4 is 25.7 Å². The largest absolute Gasteiger partial charge is 0.472 e. The number of phosphoric ester groups is 1. The third-order valence-electron chi connectivity index (χ3n) is 13.5. The Kier molecular flexibility index (Phi) is 56.2. The molecule has 0 heterocycles. The minimum atomic E-state index is -4.77. The molecule has 2 N–H and O–H groups in total. The summed E-state index contributed by atoms with van der Waals surface area (Å²) in [5, 5.41) is 9.84. The highest BCUT2D eigenvalue weighted by molar-refractivity contribution is 7.47. The van der Waals surface area contributed by atoms with Crippen molar-refractivity contribution in [3.8, 4) is 0 Å². The van der Waals surface area contributed by atoms with Crippen LogP contribution in [0.1, 0.15) is 290 Å². The van der Waals surface area contributed by atoms with E-state index in [2.05, 4.69) is 63.3 Å². The topological polar surface area (TPSA) is 155 Å². The number of rotatable bonds is 58. The summed E-state index contributed by atoms with van der Waals surface area (Å²) in [6.45, 7) is 4.48. The second-order valence-corrected chi connectivity index (χ2v) is 22.3. The summed E-state index contributed by atoms with van der Waals surface area (Å²) in [5.74, 6) is -1.60. The minimum Gasteiger partial charge on any atom is -0.461 e. The van der Waals surface area contributed by atoms with E-state index in [0.29, 0.717) is 19.3 Å². The number of unbranched alkanes of at least 4 members (excludes halogenated alkanes) is 32. The molecular formula is C64H115O11P. The predicted molar refractivity (Wildman–Crippen MR) is 316 cm³/mol. The Balaban J connectivity index is 4.73. The number of ether oxygens (including phenoxy) is 3. The second-order valence-electron chi connectivity index (χ2n) is 20.9. The van der Waals surface area contributed by atoms with Gasteiger partial charge in [-0.2, -0.15) is 0 Å². The first-order valence-electron chi connectivity index (χ1n) is 31.2. The fourth-order valence-electron chi connectivity index (χ4n) is 8.79. The first kappa shape index (κ1) is 73.2. The Morgan fingerprint density at radius 1 is 0.382 bits per heavy atom. The third kappa shape index (κ3) is 55.9. The summed E-state index contributed by atoms with van der Waals surface area (Å²) in [4.78, 5) is 48.6. The molecule has 0 rings (SSSR count). The molecule has 11 nitrogen and oxygen atoms in total. The van der Waals surface area contributed by atoms with Gasteiger partial charge in [0.15, 0.2) is 6.10 Å². The number of allylic oxidation sites excluding steroid dienone is 9. The second kappa shape index (κ2) is 58.3. The number of hydrogen-bond acceptors (Lipinski definition) is 10. The molecule has 0 aliphatic carbocycles. The normalized spacial score (nSPS) is 13.7. The van der Waals surface area contributed by atoms with Gasteiger partial charge in [0.05, 0.1) is 26.2 Å². The number of carbonyl (C=O) groups excluding carboxylic acids is 3. The lowest BCUT2D eigenvalue weighted by Gasteiger charge is -2.21. The smallest absolute Gasteiger partial charge is 0.461 e. The lowest BCUT2D eigenvalue weighted by Crippen LogP contribution is -2.30. The van der Waals surface area contributed by atoms with E-state index in [-0.39, 0.29) is 25.9 Å². The maximum atomic E-state index is 12.9. The molecule has 3 unspecified atom stereocenters. The van der Waals surface area contributed by atoms with Crippen LogP contribution in [0.3, 0.4) is 0 Å². The van der Waals surface area contributed by atoms with Crippen molar-refractivity contribution in [2.45, 2.75) is 303 Å². The molecule has 0 saturated heterocycles. The molecule has 0 aromatic rings. The molecule has 0 radical (unpaired) electrons. The van der Waals surface area contributed by atoms with Gasteiger partial charge in [-0.05, 0) is 44.9 Å². The van der Waals surface area contributed by atoms with Gasteiger partial charge in [0.1, 0.15) is 12.7 Å². The first-order chi connectivity index (χ1) is 37.2. The van der Waals surface area contributed by atoms with Crippen LogP contribution in [-0.2, 0) is 42.2 Å². The van der Waals surface area contributed by atoms with E-state index in [9.17, 15) is 28.9 Å². The summed E-state index contributed by atoms with van der Waals surface area (Å²) >= 11 is 0. The third-order valence-corrected chi connectivity index (χ3v) is 14.4. The lowest BCUT2D eigenvalue weighted by atomic mass is 10.0. The zero-order valence-corrected chi connectivity index (χ0v) is 49.9. The van der Waals surface area contributed by atoms with Crippen molar-refractivity contribution in [1.29, 1.82) is 0 Å². The molecule has 12 heteroatoms. The number of aliphatic hydroxyl groups excluding tert-OH is 1. The van der Waals surface area contributed by atoms with Crippen molar-refractivity contribution in [2.24, 2.45) is 0 Å². The van der Waals surface area contributed by atoms with E-state index < -0.39 is 57.8 Å². The Labute approximate surface area is 465 Å². The van der Waals surface area contributed by atoms with E-state index in [1.54, 1.807) is 6.08 Å². The van der Waals surface area contributed by atoms with Crippen LogP contribution in [0, 0.1) is 0 Å². The molecule has 3 atom stereocenters.